The SMILES string of the molecule is C1COCCO1.[Ti+4]. The van der Waals surface area contributed by atoms with E-state index in [2.05, 4.69) is 0 Å². The van der Waals surface area contributed by atoms with Gasteiger partial charge in [-0.2, -0.15) is 0 Å². The Balaban J connectivity index is 0.000000360. The standard InChI is InChI=1S/C4H8O2.Ti/c1-2-6-4-3-5-1;/h1-4H2;/q;+4. The summed E-state index contributed by atoms with van der Waals surface area (Å²) in [6, 6.07) is 0. The van der Waals surface area contributed by atoms with Gasteiger partial charge >= 0.3 is 21.7 Å². The molecule has 0 atom stereocenters. The summed E-state index contributed by atoms with van der Waals surface area (Å²) < 4.78 is 9.89. The van der Waals surface area contributed by atoms with Gasteiger partial charge in [-0.3, -0.25) is 0 Å². The Morgan fingerprint density at radius 2 is 1.00 bits per heavy atom. The Morgan fingerprint density at radius 3 is 1.14 bits per heavy atom. The first kappa shape index (κ1) is 7.63. The maximum absolute atomic E-state index is 4.94. The first-order valence-corrected chi connectivity index (χ1v) is 2.15. The molecular weight excluding hydrogens is 128 g/mol. The van der Waals surface area contributed by atoms with Crippen molar-refractivity contribution in [3.8, 4) is 0 Å². The van der Waals surface area contributed by atoms with E-state index in [1.165, 1.54) is 0 Å². The molecule has 0 aromatic rings. The van der Waals surface area contributed by atoms with Gasteiger partial charge in [0.1, 0.15) is 0 Å². The summed E-state index contributed by atoms with van der Waals surface area (Å²) in [6.07, 6.45) is 0. The fourth-order valence-electron chi connectivity index (χ4n) is 0.440. The monoisotopic (exact) mass is 136 g/mol. The van der Waals surface area contributed by atoms with E-state index in [0.29, 0.717) is 0 Å². The second kappa shape index (κ2) is 4.79. The minimum atomic E-state index is 0. The molecule has 1 fully saturated rings. The molecule has 0 radical (unpaired) electrons. The second-order valence-corrected chi connectivity index (χ2v) is 1.22. The maximum Gasteiger partial charge on any atom is 4.00 e. The van der Waals surface area contributed by atoms with Crippen LogP contribution in [0, 0.1) is 0 Å². The predicted molar refractivity (Wildman–Crippen MR) is 21.6 cm³/mol. The minimum Gasteiger partial charge on any atom is -0.377 e. The molecule has 1 saturated heterocycles. The summed E-state index contributed by atoms with van der Waals surface area (Å²) in [5.41, 5.74) is 0. The van der Waals surface area contributed by atoms with E-state index < -0.39 is 0 Å². The first-order chi connectivity index (χ1) is 3.00. The number of hydrogen-bond acceptors (Lipinski definition) is 2. The third-order valence-corrected chi connectivity index (χ3v) is 0.744. The Bertz CT molecular complexity index is 25.2. The largest absolute Gasteiger partial charge is 4.00 e. The van der Waals surface area contributed by atoms with Gasteiger partial charge in [0.2, 0.25) is 0 Å². The molecule has 0 aliphatic carbocycles. The molecular formula is C4H8O2Ti+4. The van der Waals surface area contributed by atoms with E-state index >= 15 is 0 Å². The van der Waals surface area contributed by atoms with Gasteiger partial charge in [-0.15, -0.1) is 0 Å². The maximum atomic E-state index is 4.94. The molecule has 0 aromatic heterocycles. The molecule has 3 heteroatoms. The van der Waals surface area contributed by atoms with E-state index in [0.717, 1.165) is 26.4 Å². The summed E-state index contributed by atoms with van der Waals surface area (Å²) in [5.74, 6) is 0. The summed E-state index contributed by atoms with van der Waals surface area (Å²) in [7, 11) is 0. The molecule has 2 nitrogen and oxygen atoms in total. The van der Waals surface area contributed by atoms with E-state index in [1.807, 2.05) is 0 Å². The van der Waals surface area contributed by atoms with Gasteiger partial charge in [0.15, 0.2) is 0 Å². The molecule has 1 heterocycles. The summed E-state index contributed by atoms with van der Waals surface area (Å²) >= 11 is 0. The molecule has 0 unspecified atom stereocenters. The molecule has 0 N–H and O–H groups in total. The van der Waals surface area contributed by atoms with Crippen LogP contribution in [0.25, 0.3) is 0 Å². The molecule has 0 amide bonds. The van der Waals surface area contributed by atoms with Crippen LogP contribution >= 0.6 is 0 Å². The van der Waals surface area contributed by atoms with Crippen LogP contribution in [0.4, 0.5) is 0 Å². The molecule has 1 rings (SSSR count). The van der Waals surface area contributed by atoms with Crippen LogP contribution in [0.15, 0.2) is 0 Å². The zero-order valence-electron chi connectivity index (χ0n) is 4.14. The van der Waals surface area contributed by atoms with Crippen molar-refractivity contribution in [3.05, 3.63) is 0 Å². The normalized spacial score (nSPS) is 20.6. The van der Waals surface area contributed by atoms with Crippen LogP contribution in [0.3, 0.4) is 0 Å². The predicted octanol–water partition coefficient (Wildman–Crippen LogP) is 0.0307. The van der Waals surface area contributed by atoms with Crippen molar-refractivity contribution >= 4 is 0 Å². The number of hydrogen-bond donors (Lipinski definition) is 0. The average Bonchev–Trinajstić information content (AvgIpc) is 1.72. The van der Waals surface area contributed by atoms with E-state index in [-0.39, 0.29) is 21.7 Å². The molecule has 36 valence electrons. The molecule has 0 spiro atoms. The zero-order valence-corrected chi connectivity index (χ0v) is 5.71. The Kier molecular flexibility index (Phi) is 5.22. The minimum absolute atomic E-state index is 0. The summed E-state index contributed by atoms with van der Waals surface area (Å²) in [4.78, 5) is 0. The molecule has 1 aliphatic heterocycles. The van der Waals surface area contributed by atoms with Crippen molar-refractivity contribution < 1.29 is 31.2 Å². The van der Waals surface area contributed by atoms with Crippen molar-refractivity contribution in [2.75, 3.05) is 26.4 Å². The van der Waals surface area contributed by atoms with Crippen LogP contribution in [0.2, 0.25) is 0 Å². The van der Waals surface area contributed by atoms with Crippen molar-refractivity contribution in [2.24, 2.45) is 0 Å². The van der Waals surface area contributed by atoms with Crippen LogP contribution in [0.5, 0.6) is 0 Å². The first-order valence-electron chi connectivity index (χ1n) is 2.15. The third kappa shape index (κ3) is 3.24. The van der Waals surface area contributed by atoms with Crippen molar-refractivity contribution in [1.29, 1.82) is 0 Å². The van der Waals surface area contributed by atoms with E-state index in [4.69, 9.17) is 9.47 Å². The molecule has 0 aromatic carbocycles. The Hall–Kier alpha value is 0.634. The van der Waals surface area contributed by atoms with Gasteiger partial charge in [0.05, 0.1) is 26.4 Å². The average molecular weight is 136 g/mol. The summed E-state index contributed by atoms with van der Waals surface area (Å²) in [5, 5.41) is 0. The number of ether oxygens (including phenoxy) is 2. The van der Waals surface area contributed by atoms with E-state index in [9.17, 15) is 0 Å². The smallest absolute Gasteiger partial charge is 0.377 e. The molecule has 0 saturated carbocycles. The van der Waals surface area contributed by atoms with E-state index in [1.54, 1.807) is 0 Å². The summed E-state index contributed by atoms with van der Waals surface area (Å²) in [6.45, 7) is 3.11. The second-order valence-electron chi connectivity index (χ2n) is 1.22. The van der Waals surface area contributed by atoms with Gasteiger partial charge in [-0.25, -0.2) is 0 Å². The van der Waals surface area contributed by atoms with Crippen LogP contribution in [-0.2, 0) is 31.2 Å². The van der Waals surface area contributed by atoms with Crippen molar-refractivity contribution in [2.45, 2.75) is 0 Å². The Labute approximate surface area is 58.1 Å². The van der Waals surface area contributed by atoms with Crippen LogP contribution < -0.4 is 0 Å². The third-order valence-electron chi connectivity index (χ3n) is 0.744. The number of rotatable bonds is 0. The molecule has 1 aliphatic rings. The molecule has 7 heavy (non-hydrogen) atoms. The zero-order chi connectivity index (χ0) is 4.24. The van der Waals surface area contributed by atoms with Gasteiger partial charge in [-0.1, -0.05) is 0 Å². The van der Waals surface area contributed by atoms with Crippen LogP contribution in [-0.4, -0.2) is 26.4 Å². The molecule has 0 bridgehead atoms. The topological polar surface area (TPSA) is 18.5 Å². The Morgan fingerprint density at radius 1 is 0.714 bits per heavy atom. The van der Waals surface area contributed by atoms with Crippen molar-refractivity contribution in [1.82, 2.24) is 0 Å². The fraction of sp³-hybridized carbons (Fsp3) is 1.00. The quantitative estimate of drug-likeness (QED) is 0.437. The van der Waals surface area contributed by atoms with Gasteiger partial charge in [-0.05, 0) is 0 Å². The van der Waals surface area contributed by atoms with Crippen molar-refractivity contribution in [3.63, 3.8) is 0 Å². The van der Waals surface area contributed by atoms with Gasteiger partial charge < -0.3 is 9.47 Å². The van der Waals surface area contributed by atoms with Gasteiger partial charge in [0.25, 0.3) is 0 Å². The van der Waals surface area contributed by atoms with Gasteiger partial charge in [0, 0.05) is 0 Å². The fourth-order valence-corrected chi connectivity index (χ4v) is 0.440. The van der Waals surface area contributed by atoms with Crippen LogP contribution in [0.1, 0.15) is 0 Å².